The normalized spacial score (nSPS) is 11.6. The molecule has 8 nitrogen and oxygen atoms in total. The van der Waals surface area contributed by atoms with Crippen LogP contribution in [0.4, 0.5) is 0 Å². The summed E-state index contributed by atoms with van der Waals surface area (Å²) in [6, 6.07) is 12.3. The van der Waals surface area contributed by atoms with Crippen LogP contribution in [0.5, 0.6) is 0 Å². The van der Waals surface area contributed by atoms with Gasteiger partial charge in [-0.05, 0) is 48.7 Å². The Hall–Kier alpha value is -2.40. The molecule has 0 radical (unpaired) electrons. The number of nitrogens with one attached hydrogen (secondary N) is 3. The van der Waals surface area contributed by atoms with Crippen LogP contribution in [0, 0.1) is 0 Å². The van der Waals surface area contributed by atoms with Crippen LogP contribution in [0.15, 0.2) is 51.8 Å². The van der Waals surface area contributed by atoms with Crippen LogP contribution in [-0.2, 0) is 21.4 Å². The van der Waals surface area contributed by atoms with E-state index in [1.165, 1.54) is 0 Å². The van der Waals surface area contributed by atoms with Crippen LogP contribution >= 0.6 is 27.5 Å². The van der Waals surface area contributed by atoms with Crippen molar-refractivity contribution in [3.63, 3.8) is 0 Å². The number of H-pyrrole nitrogens is 1. The fraction of sp³-hybridized carbons (Fsp3) is 0.273. The molecular formula is C22H24BrClN4O4S. The van der Waals surface area contributed by atoms with E-state index in [1.54, 1.807) is 30.3 Å². The van der Waals surface area contributed by atoms with Crippen molar-refractivity contribution in [2.24, 2.45) is 5.73 Å². The van der Waals surface area contributed by atoms with Gasteiger partial charge in [0.1, 0.15) is 10.6 Å². The Labute approximate surface area is 205 Å². The van der Waals surface area contributed by atoms with Gasteiger partial charge in [-0.3, -0.25) is 9.59 Å². The van der Waals surface area contributed by atoms with Crippen molar-refractivity contribution in [3.05, 3.63) is 63.2 Å². The van der Waals surface area contributed by atoms with E-state index >= 15 is 0 Å². The SMILES string of the molecule is NC(=O)c1[nH]c2ccc(Br)cc2c1S(=O)(=O)NCCCCCC(=O)NCc1ccc(Cl)cc1. The summed E-state index contributed by atoms with van der Waals surface area (Å²) in [6.07, 6.45) is 2.18. The number of aromatic amines is 1. The first kappa shape index (κ1) is 25.2. The van der Waals surface area contributed by atoms with Gasteiger partial charge in [0.15, 0.2) is 0 Å². The molecule has 2 amide bonds. The van der Waals surface area contributed by atoms with Gasteiger partial charge in [0.05, 0.1) is 0 Å². The molecule has 5 N–H and O–H groups in total. The maximum atomic E-state index is 12.9. The second kappa shape index (κ2) is 11.1. The van der Waals surface area contributed by atoms with Crippen LogP contribution in [0.2, 0.25) is 5.02 Å². The number of hydrogen-bond acceptors (Lipinski definition) is 4. The lowest BCUT2D eigenvalue weighted by molar-refractivity contribution is -0.121. The molecular weight excluding hydrogens is 532 g/mol. The largest absolute Gasteiger partial charge is 0.364 e. The first-order valence-corrected chi connectivity index (χ1v) is 12.9. The summed E-state index contributed by atoms with van der Waals surface area (Å²) < 4.78 is 29.0. The Morgan fingerprint density at radius 2 is 1.79 bits per heavy atom. The summed E-state index contributed by atoms with van der Waals surface area (Å²) in [7, 11) is -3.97. The number of sulfonamides is 1. The Morgan fingerprint density at radius 3 is 2.48 bits per heavy atom. The number of nitrogens with two attached hydrogens (primary N) is 1. The molecule has 0 spiro atoms. The number of benzene rings is 2. The zero-order valence-electron chi connectivity index (χ0n) is 17.7. The van der Waals surface area contributed by atoms with Crippen LogP contribution in [0.25, 0.3) is 10.9 Å². The topological polar surface area (TPSA) is 134 Å². The summed E-state index contributed by atoms with van der Waals surface area (Å²) in [4.78, 5) is 26.4. The predicted octanol–water partition coefficient (Wildman–Crippen LogP) is 3.84. The van der Waals surface area contributed by atoms with Gasteiger partial charge in [0, 0.05) is 39.9 Å². The van der Waals surface area contributed by atoms with E-state index in [-0.39, 0.29) is 23.0 Å². The van der Waals surface area contributed by atoms with E-state index in [1.807, 2.05) is 12.1 Å². The standard InChI is InChI=1S/C22H24BrClN4O4S/c23-15-7-10-18-17(12-15)21(20(28-18)22(25)30)33(31,32)27-11-3-1-2-4-19(29)26-13-14-5-8-16(24)9-6-14/h5-10,12,27-28H,1-4,11,13H2,(H2,25,30)(H,26,29). The fourth-order valence-corrected chi connectivity index (χ4v) is 5.27. The van der Waals surface area contributed by atoms with Crippen molar-refractivity contribution in [1.82, 2.24) is 15.0 Å². The monoisotopic (exact) mass is 554 g/mol. The smallest absolute Gasteiger partial charge is 0.266 e. The summed E-state index contributed by atoms with van der Waals surface area (Å²) in [5, 5.41) is 3.87. The molecule has 33 heavy (non-hydrogen) atoms. The van der Waals surface area contributed by atoms with E-state index in [4.69, 9.17) is 17.3 Å². The molecule has 0 aliphatic carbocycles. The summed E-state index contributed by atoms with van der Waals surface area (Å²) >= 11 is 9.16. The summed E-state index contributed by atoms with van der Waals surface area (Å²) in [6.45, 7) is 0.604. The van der Waals surface area contributed by atoms with E-state index in [0.717, 1.165) is 5.56 Å². The molecule has 0 bridgehead atoms. The first-order chi connectivity index (χ1) is 15.7. The molecule has 3 aromatic rings. The maximum absolute atomic E-state index is 12.9. The summed E-state index contributed by atoms with van der Waals surface area (Å²) in [5.74, 6) is -0.923. The van der Waals surface area contributed by atoms with E-state index in [0.29, 0.717) is 52.6 Å². The first-order valence-electron chi connectivity index (χ1n) is 10.3. The predicted molar refractivity (Wildman–Crippen MR) is 131 cm³/mol. The second-order valence-electron chi connectivity index (χ2n) is 7.49. The average Bonchev–Trinajstić information content (AvgIpc) is 3.15. The van der Waals surface area contributed by atoms with Gasteiger partial charge in [-0.25, -0.2) is 13.1 Å². The highest BCUT2D eigenvalue weighted by molar-refractivity contribution is 9.10. The molecule has 2 aromatic carbocycles. The van der Waals surface area contributed by atoms with Crippen LogP contribution in [0.3, 0.4) is 0 Å². The number of amides is 2. The number of primary amides is 1. The second-order valence-corrected chi connectivity index (χ2v) is 10.6. The number of hydrogen-bond donors (Lipinski definition) is 4. The third-order valence-corrected chi connectivity index (χ3v) is 7.29. The molecule has 0 unspecified atom stereocenters. The highest BCUT2D eigenvalue weighted by Gasteiger charge is 2.26. The third-order valence-electron chi connectivity index (χ3n) is 5.00. The number of halogens is 2. The zero-order valence-corrected chi connectivity index (χ0v) is 20.8. The van der Waals surface area contributed by atoms with Crippen molar-refractivity contribution < 1.29 is 18.0 Å². The van der Waals surface area contributed by atoms with Crippen LogP contribution in [0.1, 0.15) is 41.7 Å². The van der Waals surface area contributed by atoms with Crippen molar-refractivity contribution >= 4 is 60.3 Å². The molecule has 1 heterocycles. The lowest BCUT2D eigenvalue weighted by Crippen LogP contribution is -2.27. The maximum Gasteiger partial charge on any atom is 0.266 e. The Morgan fingerprint density at radius 1 is 1.06 bits per heavy atom. The fourth-order valence-electron chi connectivity index (χ4n) is 3.35. The van der Waals surface area contributed by atoms with E-state index in [2.05, 4.69) is 31.0 Å². The van der Waals surface area contributed by atoms with Crippen LogP contribution < -0.4 is 15.8 Å². The third kappa shape index (κ3) is 6.80. The highest BCUT2D eigenvalue weighted by Crippen LogP contribution is 2.29. The van der Waals surface area contributed by atoms with Gasteiger partial charge in [-0.15, -0.1) is 0 Å². The number of carbonyl (C=O) groups excluding carboxylic acids is 2. The van der Waals surface area contributed by atoms with E-state index in [9.17, 15) is 18.0 Å². The van der Waals surface area contributed by atoms with Gasteiger partial charge < -0.3 is 16.0 Å². The number of unbranched alkanes of at least 4 members (excludes halogenated alkanes) is 2. The molecule has 0 saturated carbocycles. The lowest BCUT2D eigenvalue weighted by Gasteiger charge is -2.08. The van der Waals surface area contributed by atoms with Crippen molar-refractivity contribution in [3.8, 4) is 0 Å². The van der Waals surface area contributed by atoms with Gasteiger partial charge in [-0.1, -0.05) is 46.1 Å². The molecule has 0 aliphatic heterocycles. The van der Waals surface area contributed by atoms with E-state index < -0.39 is 15.9 Å². The van der Waals surface area contributed by atoms with Gasteiger partial charge in [-0.2, -0.15) is 0 Å². The number of aromatic nitrogens is 1. The molecule has 3 rings (SSSR count). The summed E-state index contributed by atoms with van der Waals surface area (Å²) in [5.41, 5.74) is 6.68. The molecule has 0 aliphatic rings. The molecule has 1 aromatic heterocycles. The molecule has 0 fully saturated rings. The molecule has 0 atom stereocenters. The zero-order chi connectivity index (χ0) is 24.0. The molecule has 11 heteroatoms. The van der Waals surface area contributed by atoms with Crippen molar-refractivity contribution in [1.29, 1.82) is 0 Å². The Kier molecular flexibility index (Phi) is 8.52. The van der Waals surface area contributed by atoms with Gasteiger partial charge >= 0.3 is 0 Å². The lowest BCUT2D eigenvalue weighted by atomic mass is 10.2. The van der Waals surface area contributed by atoms with Gasteiger partial charge in [0.25, 0.3) is 5.91 Å². The Bertz CT molecular complexity index is 1260. The molecule has 0 saturated heterocycles. The number of rotatable bonds is 11. The number of carbonyl (C=O) groups is 2. The van der Waals surface area contributed by atoms with Gasteiger partial charge in [0.2, 0.25) is 15.9 Å². The minimum atomic E-state index is -3.97. The van der Waals surface area contributed by atoms with Crippen molar-refractivity contribution in [2.45, 2.75) is 37.1 Å². The number of fused-ring (bicyclic) bond motifs is 1. The van der Waals surface area contributed by atoms with Crippen LogP contribution in [-0.4, -0.2) is 31.8 Å². The molecule has 176 valence electrons. The van der Waals surface area contributed by atoms with Crippen molar-refractivity contribution in [2.75, 3.05) is 6.54 Å². The Balaban J connectivity index is 1.47. The minimum Gasteiger partial charge on any atom is -0.364 e. The highest BCUT2D eigenvalue weighted by atomic mass is 79.9. The minimum absolute atomic E-state index is 0.0685. The average molecular weight is 556 g/mol. The quantitative estimate of drug-likeness (QED) is 0.267.